The lowest BCUT2D eigenvalue weighted by Crippen LogP contribution is -2.29. The van der Waals surface area contributed by atoms with E-state index in [2.05, 4.69) is 5.32 Å². The third-order valence-electron chi connectivity index (χ3n) is 4.26. The fraction of sp³-hybridized carbons (Fsp3) is 0.263. The van der Waals surface area contributed by atoms with Crippen LogP contribution in [0.4, 0.5) is 11.4 Å². The topological polar surface area (TPSA) is 58.6 Å². The van der Waals surface area contributed by atoms with E-state index < -0.39 is 0 Å². The van der Waals surface area contributed by atoms with Crippen molar-refractivity contribution in [3.05, 3.63) is 60.2 Å². The molecule has 0 aromatic heterocycles. The molecule has 1 heterocycles. The summed E-state index contributed by atoms with van der Waals surface area (Å²) >= 11 is 0. The minimum Gasteiger partial charge on any atom is -0.465 e. The van der Waals surface area contributed by atoms with Gasteiger partial charge in [0.2, 0.25) is 5.91 Å². The third kappa shape index (κ3) is 3.25. The number of carbonyl (C=O) groups is 2. The number of rotatable bonds is 5. The van der Waals surface area contributed by atoms with Crippen LogP contribution in [-0.2, 0) is 9.53 Å². The van der Waals surface area contributed by atoms with Crippen LogP contribution in [0.1, 0.15) is 16.8 Å². The van der Waals surface area contributed by atoms with E-state index in [1.54, 1.807) is 12.1 Å². The average Bonchev–Trinajstić information content (AvgIpc) is 3.01. The van der Waals surface area contributed by atoms with Gasteiger partial charge in [0, 0.05) is 24.5 Å². The highest BCUT2D eigenvalue weighted by molar-refractivity contribution is 5.98. The molecule has 1 fully saturated rings. The molecule has 1 unspecified atom stereocenters. The number of nitrogens with one attached hydrogen (secondary N) is 1. The van der Waals surface area contributed by atoms with Gasteiger partial charge in [-0.15, -0.1) is 0 Å². The molecular formula is C19H20N2O3. The molecule has 1 saturated heterocycles. The summed E-state index contributed by atoms with van der Waals surface area (Å²) in [5.74, 6) is -0.373. The number of carbonyl (C=O) groups excluding carboxylic acids is 2. The lowest BCUT2D eigenvalue weighted by atomic mass is 10.1. The first-order valence-corrected chi connectivity index (χ1v) is 7.98. The summed E-state index contributed by atoms with van der Waals surface area (Å²) in [6.07, 6.45) is 0.793. The van der Waals surface area contributed by atoms with Crippen molar-refractivity contribution < 1.29 is 14.3 Å². The lowest BCUT2D eigenvalue weighted by molar-refractivity contribution is -0.120. The van der Waals surface area contributed by atoms with Crippen molar-refractivity contribution in [3.8, 4) is 0 Å². The first-order chi connectivity index (χ1) is 11.7. The van der Waals surface area contributed by atoms with E-state index in [0.29, 0.717) is 24.3 Å². The van der Waals surface area contributed by atoms with Gasteiger partial charge in [0.25, 0.3) is 0 Å². The summed E-state index contributed by atoms with van der Waals surface area (Å²) in [6.45, 7) is 1.21. The number of hydrogen-bond acceptors (Lipinski definition) is 4. The number of ether oxygens (including phenoxy) is 1. The molecular weight excluding hydrogens is 304 g/mol. The molecule has 1 aliphatic heterocycles. The van der Waals surface area contributed by atoms with Gasteiger partial charge in [0.15, 0.2) is 0 Å². The van der Waals surface area contributed by atoms with E-state index in [4.69, 9.17) is 4.74 Å². The van der Waals surface area contributed by atoms with Gasteiger partial charge in [0.1, 0.15) is 0 Å². The SMILES string of the molecule is COC(=O)c1ccccc1NCC1CCN(c2ccccc2)C1=O. The van der Waals surface area contributed by atoms with Gasteiger partial charge < -0.3 is 15.0 Å². The van der Waals surface area contributed by atoms with Crippen LogP contribution in [0.5, 0.6) is 0 Å². The highest BCUT2D eigenvalue weighted by Crippen LogP contribution is 2.26. The van der Waals surface area contributed by atoms with Crippen molar-refractivity contribution in [3.63, 3.8) is 0 Å². The summed E-state index contributed by atoms with van der Waals surface area (Å²) < 4.78 is 4.79. The zero-order valence-electron chi connectivity index (χ0n) is 13.6. The highest BCUT2D eigenvalue weighted by atomic mass is 16.5. The van der Waals surface area contributed by atoms with E-state index in [9.17, 15) is 9.59 Å². The molecule has 0 bridgehead atoms. The van der Waals surface area contributed by atoms with E-state index in [0.717, 1.165) is 12.1 Å². The lowest BCUT2D eigenvalue weighted by Gasteiger charge is -2.17. The number of hydrogen-bond donors (Lipinski definition) is 1. The minimum atomic E-state index is -0.387. The van der Waals surface area contributed by atoms with Gasteiger partial charge in [0.05, 0.1) is 18.6 Å². The average molecular weight is 324 g/mol. The number of nitrogens with zero attached hydrogens (tertiary/aromatic N) is 1. The Morgan fingerprint density at radius 1 is 1.17 bits per heavy atom. The molecule has 1 N–H and O–H groups in total. The standard InChI is InChI=1S/C19H20N2O3/c1-24-19(23)16-9-5-6-10-17(16)20-13-14-11-12-21(18(14)22)15-7-3-2-4-8-15/h2-10,14,20H,11-13H2,1H3. The van der Waals surface area contributed by atoms with Crippen LogP contribution < -0.4 is 10.2 Å². The first kappa shape index (κ1) is 16.1. The molecule has 1 amide bonds. The summed E-state index contributed by atoms with van der Waals surface area (Å²) in [7, 11) is 1.36. The molecule has 5 nitrogen and oxygen atoms in total. The second-order valence-corrected chi connectivity index (χ2v) is 5.73. The van der Waals surface area contributed by atoms with E-state index in [1.807, 2.05) is 47.4 Å². The number of benzene rings is 2. The van der Waals surface area contributed by atoms with Crippen molar-refractivity contribution in [1.82, 2.24) is 0 Å². The maximum atomic E-state index is 12.6. The van der Waals surface area contributed by atoms with E-state index in [-0.39, 0.29) is 17.8 Å². The van der Waals surface area contributed by atoms with Crippen LogP contribution in [0.25, 0.3) is 0 Å². The highest BCUT2D eigenvalue weighted by Gasteiger charge is 2.32. The molecule has 0 spiro atoms. The summed E-state index contributed by atoms with van der Waals surface area (Å²) in [5.41, 5.74) is 2.10. The smallest absolute Gasteiger partial charge is 0.339 e. The Bertz CT molecular complexity index is 730. The van der Waals surface area contributed by atoms with Crippen LogP contribution >= 0.6 is 0 Å². The van der Waals surface area contributed by atoms with Crippen molar-refractivity contribution in [2.24, 2.45) is 5.92 Å². The molecule has 2 aromatic carbocycles. The molecule has 0 radical (unpaired) electrons. The van der Waals surface area contributed by atoms with Gasteiger partial charge >= 0.3 is 5.97 Å². The van der Waals surface area contributed by atoms with Crippen molar-refractivity contribution in [2.45, 2.75) is 6.42 Å². The van der Waals surface area contributed by atoms with E-state index in [1.165, 1.54) is 7.11 Å². The second kappa shape index (κ2) is 7.17. The van der Waals surface area contributed by atoms with E-state index >= 15 is 0 Å². The number of para-hydroxylation sites is 2. The monoisotopic (exact) mass is 324 g/mol. The molecule has 124 valence electrons. The fourth-order valence-electron chi connectivity index (χ4n) is 2.95. The first-order valence-electron chi connectivity index (χ1n) is 7.98. The molecule has 0 aliphatic carbocycles. The number of anilines is 2. The van der Waals surface area contributed by atoms with Crippen molar-refractivity contribution in [2.75, 3.05) is 30.4 Å². The molecule has 24 heavy (non-hydrogen) atoms. The zero-order valence-corrected chi connectivity index (χ0v) is 13.6. The van der Waals surface area contributed by atoms with Crippen molar-refractivity contribution >= 4 is 23.3 Å². The minimum absolute atomic E-state index is 0.101. The van der Waals surface area contributed by atoms with Crippen LogP contribution in [0.2, 0.25) is 0 Å². The van der Waals surface area contributed by atoms with Gasteiger partial charge in [-0.2, -0.15) is 0 Å². The normalized spacial score (nSPS) is 17.0. The quantitative estimate of drug-likeness (QED) is 0.859. The molecule has 0 saturated carbocycles. The number of methoxy groups -OCH3 is 1. The molecule has 3 rings (SSSR count). The van der Waals surface area contributed by atoms with Gasteiger partial charge in [-0.3, -0.25) is 4.79 Å². The predicted molar refractivity (Wildman–Crippen MR) is 93.2 cm³/mol. The Balaban J connectivity index is 1.66. The Morgan fingerprint density at radius 2 is 1.88 bits per heavy atom. The van der Waals surface area contributed by atoms with Crippen LogP contribution in [0, 0.1) is 5.92 Å². The van der Waals surface area contributed by atoms with Gasteiger partial charge in [-0.1, -0.05) is 30.3 Å². The summed E-state index contributed by atoms with van der Waals surface area (Å²) in [5, 5.41) is 3.22. The summed E-state index contributed by atoms with van der Waals surface area (Å²) in [4.78, 5) is 26.2. The Hall–Kier alpha value is -2.82. The number of esters is 1. The summed E-state index contributed by atoms with van der Waals surface area (Å²) in [6, 6.07) is 16.9. The van der Waals surface area contributed by atoms with Gasteiger partial charge in [-0.25, -0.2) is 4.79 Å². The molecule has 1 atom stereocenters. The number of amides is 1. The zero-order chi connectivity index (χ0) is 16.9. The predicted octanol–water partition coefficient (Wildman–Crippen LogP) is 2.94. The maximum Gasteiger partial charge on any atom is 0.339 e. The molecule has 5 heteroatoms. The fourth-order valence-corrected chi connectivity index (χ4v) is 2.95. The molecule has 2 aromatic rings. The van der Waals surface area contributed by atoms with Gasteiger partial charge in [-0.05, 0) is 30.7 Å². The van der Waals surface area contributed by atoms with Crippen LogP contribution in [0.15, 0.2) is 54.6 Å². The van der Waals surface area contributed by atoms with Crippen molar-refractivity contribution in [1.29, 1.82) is 0 Å². The Labute approximate surface area is 141 Å². The molecule has 1 aliphatic rings. The van der Waals surface area contributed by atoms with Crippen LogP contribution in [0.3, 0.4) is 0 Å². The second-order valence-electron chi connectivity index (χ2n) is 5.73. The Morgan fingerprint density at radius 3 is 2.62 bits per heavy atom. The maximum absolute atomic E-state index is 12.6. The Kier molecular flexibility index (Phi) is 4.79. The third-order valence-corrected chi connectivity index (χ3v) is 4.26. The van der Waals surface area contributed by atoms with Crippen LogP contribution in [-0.4, -0.2) is 32.1 Å². The largest absolute Gasteiger partial charge is 0.465 e.